The predicted octanol–water partition coefficient (Wildman–Crippen LogP) is 0.210. The molecule has 3 N–H and O–H groups in total. The number of rotatable bonds is 4. The number of carboxylic acids is 1. The van der Waals surface area contributed by atoms with Crippen LogP contribution in [0.5, 0.6) is 0 Å². The maximum absolute atomic E-state index is 11.7. The molecule has 0 atom stereocenters. The highest BCUT2D eigenvalue weighted by Gasteiger charge is 2.44. The summed E-state index contributed by atoms with van der Waals surface area (Å²) in [7, 11) is -3.25. The highest BCUT2D eigenvalue weighted by Crippen LogP contribution is 2.32. The van der Waals surface area contributed by atoms with Crippen molar-refractivity contribution in [3.8, 4) is 0 Å². The Bertz CT molecular complexity index is 453. The number of carbonyl (C=O) groups is 2. The quantitative estimate of drug-likeness (QED) is 0.681. The number of hydrogen-bond acceptors (Lipinski definition) is 5. The fourth-order valence-corrected chi connectivity index (χ4v) is 3.21. The van der Waals surface area contributed by atoms with Crippen molar-refractivity contribution in [2.45, 2.75) is 38.1 Å². The molecule has 0 saturated heterocycles. The zero-order chi connectivity index (χ0) is 14.7. The number of ether oxygens (including phenoxy) is 1. The highest BCUT2D eigenvalue weighted by atomic mass is 32.2. The van der Waals surface area contributed by atoms with Crippen LogP contribution in [-0.2, 0) is 19.7 Å². The summed E-state index contributed by atoms with van der Waals surface area (Å²) in [5.41, 5.74) is -1.56. The smallest absolute Gasteiger partial charge is 0.421 e. The monoisotopic (exact) mass is 294 g/mol. The molecule has 1 saturated carbocycles. The van der Waals surface area contributed by atoms with Gasteiger partial charge in [-0.3, -0.25) is 4.79 Å². The second-order valence-corrected chi connectivity index (χ2v) is 6.18. The molecule has 0 unspecified atom stereocenters. The van der Waals surface area contributed by atoms with Gasteiger partial charge in [-0.15, -0.1) is 0 Å². The van der Waals surface area contributed by atoms with Crippen molar-refractivity contribution >= 4 is 22.3 Å². The molecule has 0 aromatic rings. The summed E-state index contributed by atoms with van der Waals surface area (Å²) < 4.78 is 31.2. The van der Waals surface area contributed by atoms with Crippen molar-refractivity contribution in [3.05, 3.63) is 0 Å². The molecule has 1 aliphatic carbocycles. The molecule has 19 heavy (non-hydrogen) atoms. The first kappa shape index (κ1) is 15.7. The van der Waals surface area contributed by atoms with Gasteiger partial charge in [0.2, 0.25) is 0 Å². The van der Waals surface area contributed by atoms with Crippen molar-refractivity contribution in [2.24, 2.45) is 5.92 Å². The molecule has 1 rings (SSSR count). The lowest BCUT2D eigenvalue weighted by Gasteiger charge is -2.35. The van der Waals surface area contributed by atoms with E-state index in [2.05, 4.69) is 9.46 Å². The lowest BCUT2D eigenvalue weighted by Crippen LogP contribution is -2.59. The zero-order valence-corrected chi connectivity index (χ0v) is 11.6. The van der Waals surface area contributed by atoms with Gasteiger partial charge in [-0.25, -0.2) is 9.52 Å². The standard InChI is InChI=1S/C10H18N2O6S/c1-7-3-5-10(6-4-7,8(13)14)12-19(16,17)11-9(15)18-2/h7,12H,3-6H2,1-2H3,(H,11,15)(H,13,14). The first-order chi connectivity index (χ1) is 8.71. The highest BCUT2D eigenvalue weighted by molar-refractivity contribution is 7.88. The van der Waals surface area contributed by atoms with Gasteiger partial charge in [0.1, 0.15) is 5.54 Å². The van der Waals surface area contributed by atoms with E-state index in [9.17, 15) is 23.1 Å². The molecule has 0 aliphatic heterocycles. The van der Waals surface area contributed by atoms with Crippen LogP contribution >= 0.6 is 0 Å². The van der Waals surface area contributed by atoms with Crippen molar-refractivity contribution < 1.29 is 27.9 Å². The minimum Gasteiger partial charge on any atom is -0.480 e. The minimum atomic E-state index is -4.27. The van der Waals surface area contributed by atoms with Gasteiger partial charge < -0.3 is 9.84 Å². The second kappa shape index (κ2) is 5.74. The van der Waals surface area contributed by atoms with E-state index in [0.717, 1.165) is 7.11 Å². The molecule has 8 nitrogen and oxygen atoms in total. The SMILES string of the molecule is COC(=O)NS(=O)(=O)NC1(C(=O)O)CCC(C)CC1. The number of carbonyl (C=O) groups excluding carboxylic acids is 1. The summed E-state index contributed by atoms with van der Waals surface area (Å²) in [6.07, 6.45) is 0.411. The average molecular weight is 294 g/mol. The van der Waals surface area contributed by atoms with Crippen molar-refractivity contribution in [3.63, 3.8) is 0 Å². The maximum atomic E-state index is 11.7. The van der Waals surface area contributed by atoms with Crippen LogP contribution < -0.4 is 9.44 Å². The van der Waals surface area contributed by atoms with Crippen molar-refractivity contribution in [1.82, 2.24) is 9.44 Å². The molecule has 0 spiro atoms. The van der Waals surface area contributed by atoms with Gasteiger partial charge >= 0.3 is 22.3 Å². The number of hydrogen-bond donors (Lipinski definition) is 3. The Balaban J connectivity index is 2.85. The zero-order valence-electron chi connectivity index (χ0n) is 10.8. The molecule has 0 aromatic heterocycles. The van der Waals surface area contributed by atoms with E-state index in [1.807, 2.05) is 6.92 Å². The fourth-order valence-electron chi connectivity index (χ4n) is 2.05. The maximum Gasteiger partial charge on any atom is 0.421 e. The van der Waals surface area contributed by atoms with E-state index in [4.69, 9.17) is 0 Å². The summed E-state index contributed by atoms with van der Waals surface area (Å²) in [6.45, 7) is 1.98. The number of nitrogens with one attached hydrogen (secondary N) is 2. The van der Waals surface area contributed by atoms with E-state index in [0.29, 0.717) is 18.8 Å². The Morgan fingerprint density at radius 2 is 1.84 bits per heavy atom. The lowest BCUT2D eigenvalue weighted by atomic mass is 9.78. The van der Waals surface area contributed by atoms with E-state index in [1.165, 1.54) is 0 Å². The second-order valence-electron chi connectivity index (χ2n) is 4.77. The number of methoxy groups -OCH3 is 1. The molecule has 1 fully saturated rings. The van der Waals surface area contributed by atoms with Crippen LogP contribution in [0.25, 0.3) is 0 Å². The van der Waals surface area contributed by atoms with Crippen LogP contribution in [0.3, 0.4) is 0 Å². The Labute approximate surface area is 111 Å². The van der Waals surface area contributed by atoms with Gasteiger partial charge in [-0.05, 0) is 31.6 Å². The first-order valence-electron chi connectivity index (χ1n) is 5.84. The van der Waals surface area contributed by atoms with Crippen LogP contribution in [-0.4, -0.2) is 38.2 Å². The third-order valence-electron chi connectivity index (χ3n) is 3.27. The minimum absolute atomic E-state index is 0.186. The fraction of sp³-hybridized carbons (Fsp3) is 0.800. The van der Waals surface area contributed by atoms with Gasteiger partial charge in [0.25, 0.3) is 0 Å². The summed E-state index contributed by atoms with van der Waals surface area (Å²) in [4.78, 5) is 22.2. The van der Waals surface area contributed by atoms with E-state index in [-0.39, 0.29) is 12.8 Å². The number of carboxylic acid groups (broad SMARTS) is 1. The van der Waals surface area contributed by atoms with E-state index < -0.39 is 27.8 Å². The molecular formula is C10H18N2O6S. The van der Waals surface area contributed by atoms with Crippen LogP contribution in [0.2, 0.25) is 0 Å². The topological polar surface area (TPSA) is 122 Å². The molecule has 0 radical (unpaired) electrons. The molecule has 110 valence electrons. The lowest BCUT2D eigenvalue weighted by molar-refractivity contribution is -0.145. The van der Waals surface area contributed by atoms with Gasteiger partial charge in [0.15, 0.2) is 0 Å². The molecule has 1 aliphatic rings. The molecular weight excluding hydrogens is 276 g/mol. The van der Waals surface area contributed by atoms with Gasteiger partial charge in [0, 0.05) is 0 Å². The number of amides is 1. The average Bonchev–Trinajstić information content (AvgIpc) is 2.31. The Hall–Kier alpha value is -1.35. The van der Waals surface area contributed by atoms with Crippen molar-refractivity contribution in [1.29, 1.82) is 0 Å². The summed E-state index contributed by atoms with van der Waals surface area (Å²) in [6, 6.07) is 0. The van der Waals surface area contributed by atoms with E-state index >= 15 is 0 Å². The third-order valence-corrected chi connectivity index (χ3v) is 4.36. The van der Waals surface area contributed by atoms with Crippen LogP contribution in [0.15, 0.2) is 0 Å². The Morgan fingerprint density at radius 1 is 1.32 bits per heavy atom. The molecule has 0 bridgehead atoms. The number of aliphatic carboxylic acids is 1. The molecule has 0 aromatic carbocycles. The summed E-state index contributed by atoms with van der Waals surface area (Å²) >= 11 is 0. The van der Waals surface area contributed by atoms with Gasteiger partial charge in [-0.2, -0.15) is 13.1 Å². The van der Waals surface area contributed by atoms with Crippen LogP contribution in [0, 0.1) is 5.92 Å². The van der Waals surface area contributed by atoms with Crippen molar-refractivity contribution in [2.75, 3.05) is 7.11 Å². The van der Waals surface area contributed by atoms with E-state index in [1.54, 1.807) is 4.72 Å². The summed E-state index contributed by atoms with van der Waals surface area (Å²) in [5.74, 6) is -0.889. The van der Waals surface area contributed by atoms with Gasteiger partial charge in [0.05, 0.1) is 7.11 Å². The Morgan fingerprint density at radius 3 is 2.26 bits per heavy atom. The predicted molar refractivity (Wildman–Crippen MR) is 65.6 cm³/mol. The normalized spacial score (nSPS) is 27.6. The molecule has 0 heterocycles. The van der Waals surface area contributed by atoms with Gasteiger partial charge in [-0.1, -0.05) is 6.92 Å². The Kier molecular flexibility index (Phi) is 4.75. The van der Waals surface area contributed by atoms with Crippen LogP contribution in [0.4, 0.5) is 4.79 Å². The first-order valence-corrected chi connectivity index (χ1v) is 7.32. The largest absolute Gasteiger partial charge is 0.480 e. The molecule has 1 amide bonds. The third kappa shape index (κ3) is 4.06. The summed E-state index contributed by atoms with van der Waals surface area (Å²) in [5, 5.41) is 9.26. The molecule has 9 heteroatoms. The van der Waals surface area contributed by atoms with Crippen LogP contribution in [0.1, 0.15) is 32.6 Å².